The normalized spacial score (nSPS) is 26.7. The van der Waals surface area contributed by atoms with Crippen LogP contribution in [-0.4, -0.2) is 53.4 Å². The van der Waals surface area contributed by atoms with E-state index in [0.717, 1.165) is 42.7 Å². The summed E-state index contributed by atoms with van der Waals surface area (Å²) in [6.45, 7) is 5.36. The molecule has 2 heterocycles. The van der Waals surface area contributed by atoms with Crippen molar-refractivity contribution < 1.29 is 19.7 Å². The molecule has 1 amide bonds. The molecule has 1 spiro atoms. The van der Waals surface area contributed by atoms with Crippen molar-refractivity contribution in [3.8, 4) is 5.75 Å². The average Bonchev–Trinajstić information content (AvgIpc) is 2.66. The van der Waals surface area contributed by atoms with Crippen LogP contribution in [0.25, 0.3) is 0 Å². The van der Waals surface area contributed by atoms with Gasteiger partial charge < -0.3 is 20.3 Å². The number of ether oxygens (including phenoxy) is 1. The Morgan fingerprint density at radius 3 is 3.00 bits per heavy atom. The summed E-state index contributed by atoms with van der Waals surface area (Å²) in [4.78, 5) is 14.7. The Kier molecular flexibility index (Phi) is 6.16. The predicted molar refractivity (Wildman–Crippen MR) is 98.7 cm³/mol. The molecule has 0 aliphatic carbocycles. The summed E-state index contributed by atoms with van der Waals surface area (Å²) in [5, 5.41) is 23.1. The molecule has 2 fully saturated rings. The maximum atomic E-state index is 12.5. The topological polar surface area (TPSA) is 82.0 Å². The Hall–Kier alpha value is -1.63. The molecule has 0 saturated carbocycles. The molecule has 1 aromatic carbocycles. The molecule has 0 aromatic heterocycles. The Morgan fingerprint density at radius 1 is 1.42 bits per heavy atom. The Labute approximate surface area is 155 Å². The van der Waals surface area contributed by atoms with Crippen molar-refractivity contribution in [2.45, 2.75) is 51.9 Å². The quantitative estimate of drug-likeness (QED) is 0.713. The second kappa shape index (κ2) is 8.37. The third kappa shape index (κ3) is 3.87. The van der Waals surface area contributed by atoms with Crippen LogP contribution in [0.2, 0.25) is 0 Å². The zero-order valence-electron chi connectivity index (χ0n) is 15.5. The van der Waals surface area contributed by atoms with E-state index < -0.39 is 11.5 Å². The van der Waals surface area contributed by atoms with Crippen LogP contribution in [0.5, 0.6) is 5.75 Å². The minimum Gasteiger partial charge on any atom is -0.493 e. The number of carbonyl (C=O) groups is 1. The lowest BCUT2D eigenvalue weighted by atomic mass is 9.71. The number of nitrogens with zero attached hydrogens (tertiary/aromatic N) is 1. The summed E-state index contributed by atoms with van der Waals surface area (Å²) < 4.78 is 5.68. The number of benzene rings is 1. The van der Waals surface area contributed by atoms with Gasteiger partial charge in [0.1, 0.15) is 5.75 Å². The second-order valence-electron chi connectivity index (χ2n) is 7.48. The third-order valence-corrected chi connectivity index (χ3v) is 5.56. The van der Waals surface area contributed by atoms with Crippen LogP contribution in [-0.2, 0) is 17.9 Å². The molecule has 2 saturated heterocycles. The summed E-state index contributed by atoms with van der Waals surface area (Å²) in [7, 11) is 0. The van der Waals surface area contributed by atoms with E-state index in [4.69, 9.17) is 4.74 Å². The molecule has 2 aliphatic rings. The monoisotopic (exact) mass is 362 g/mol. The number of nitrogens with one attached hydrogen (secondary N) is 1. The number of piperidine rings is 2. The lowest BCUT2D eigenvalue weighted by Gasteiger charge is -2.47. The highest BCUT2D eigenvalue weighted by molar-refractivity contribution is 5.84. The SMILES string of the molecule is CCCOc1ccc(CN2CC[C@H](O)[C@@]3(CCCNC3=O)C2)cc1CO. The van der Waals surface area contributed by atoms with Crippen molar-refractivity contribution in [2.24, 2.45) is 5.41 Å². The minimum atomic E-state index is -0.680. The van der Waals surface area contributed by atoms with Crippen molar-refractivity contribution >= 4 is 5.91 Å². The van der Waals surface area contributed by atoms with Crippen LogP contribution in [0.3, 0.4) is 0 Å². The Bertz CT molecular complexity index is 636. The van der Waals surface area contributed by atoms with E-state index in [-0.39, 0.29) is 12.5 Å². The van der Waals surface area contributed by atoms with E-state index >= 15 is 0 Å². The molecule has 3 N–H and O–H groups in total. The first-order chi connectivity index (χ1) is 12.6. The summed E-state index contributed by atoms with van der Waals surface area (Å²) >= 11 is 0. The average molecular weight is 362 g/mol. The molecule has 6 nitrogen and oxygen atoms in total. The van der Waals surface area contributed by atoms with E-state index in [9.17, 15) is 15.0 Å². The van der Waals surface area contributed by atoms with Crippen molar-refractivity contribution in [1.29, 1.82) is 0 Å². The van der Waals surface area contributed by atoms with E-state index in [1.807, 2.05) is 18.2 Å². The van der Waals surface area contributed by atoms with Gasteiger partial charge in [0.05, 0.1) is 24.7 Å². The largest absolute Gasteiger partial charge is 0.493 e. The third-order valence-electron chi connectivity index (χ3n) is 5.56. The number of aliphatic hydroxyl groups excluding tert-OH is 2. The summed E-state index contributed by atoms with van der Waals surface area (Å²) in [6, 6.07) is 5.91. The van der Waals surface area contributed by atoms with Gasteiger partial charge in [-0.25, -0.2) is 0 Å². The van der Waals surface area contributed by atoms with Crippen molar-refractivity contribution in [3.05, 3.63) is 29.3 Å². The van der Waals surface area contributed by atoms with Crippen molar-refractivity contribution in [2.75, 3.05) is 26.2 Å². The van der Waals surface area contributed by atoms with Gasteiger partial charge in [-0.1, -0.05) is 13.0 Å². The number of aliphatic hydroxyl groups is 2. The van der Waals surface area contributed by atoms with Crippen LogP contribution in [0.1, 0.15) is 43.7 Å². The van der Waals surface area contributed by atoms with E-state index in [1.165, 1.54) is 0 Å². The first-order valence-electron chi connectivity index (χ1n) is 9.63. The highest BCUT2D eigenvalue weighted by Crippen LogP contribution is 2.37. The van der Waals surface area contributed by atoms with Gasteiger partial charge in [0.25, 0.3) is 0 Å². The molecule has 2 atom stereocenters. The first-order valence-corrected chi connectivity index (χ1v) is 9.63. The molecule has 144 valence electrons. The Balaban J connectivity index is 1.71. The van der Waals surface area contributed by atoms with Gasteiger partial charge in [-0.15, -0.1) is 0 Å². The smallest absolute Gasteiger partial charge is 0.230 e. The van der Waals surface area contributed by atoms with Gasteiger partial charge in [0.15, 0.2) is 0 Å². The number of hydrogen-bond acceptors (Lipinski definition) is 5. The molecule has 0 radical (unpaired) electrons. The number of carbonyl (C=O) groups excluding carboxylic acids is 1. The number of rotatable bonds is 6. The zero-order chi connectivity index (χ0) is 18.6. The van der Waals surface area contributed by atoms with Gasteiger partial charge in [-0.05, 0) is 43.4 Å². The molecular formula is C20H30N2O4. The van der Waals surface area contributed by atoms with Crippen molar-refractivity contribution in [1.82, 2.24) is 10.2 Å². The fourth-order valence-corrected chi connectivity index (χ4v) is 4.13. The van der Waals surface area contributed by atoms with Gasteiger partial charge in [-0.3, -0.25) is 9.69 Å². The first kappa shape index (κ1) is 19.1. The molecular weight excluding hydrogens is 332 g/mol. The van der Waals surface area contributed by atoms with Crippen LogP contribution >= 0.6 is 0 Å². The van der Waals surface area contributed by atoms with Crippen molar-refractivity contribution in [3.63, 3.8) is 0 Å². The number of likely N-dealkylation sites (tertiary alicyclic amines) is 1. The maximum Gasteiger partial charge on any atom is 0.230 e. The van der Waals surface area contributed by atoms with E-state index in [2.05, 4.69) is 17.1 Å². The lowest BCUT2D eigenvalue weighted by molar-refractivity contribution is -0.149. The minimum absolute atomic E-state index is 0.0136. The fraction of sp³-hybridized carbons (Fsp3) is 0.650. The van der Waals surface area contributed by atoms with Crippen LogP contribution in [0, 0.1) is 5.41 Å². The van der Waals surface area contributed by atoms with Gasteiger partial charge in [0.2, 0.25) is 5.91 Å². The molecule has 26 heavy (non-hydrogen) atoms. The van der Waals surface area contributed by atoms with Gasteiger partial charge >= 0.3 is 0 Å². The van der Waals surface area contributed by atoms with E-state index in [1.54, 1.807) is 0 Å². The highest BCUT2D eigenvalue weighted by atomic mass is 16.5. The van der Waals surface area contributed by atoms with Gasteiger partial charge in [0, 0.05) is 31.7 Å². The molecule has 1 aromatic rings. The van der Waals surface area contributed by atoms with Crippen LogP contribution in [0.15, 0.2) is 18.2 Å². The molecule has 0 bridgehead atoms. The van der Waals surface area contributed by atoms with Crippen LogP contribution in [0.4, 0.5) is 0 Å². The van der Waals surface area contributed by atoms with Gasteiger partial charge in [-0.2, -0.15) is 0 Å². The molecule has 3 rings (SSSR count). The standard InChI is InChI=1S/C20H30N2O4/c1-2-10-26-17-5-4-15(11-16(17)13-23)12-22-9-6-18(24)20(14-22)7-3-8-21-19(20)25/h4-5,11,18,23-24H,2-3,6-10,12-14H2,1H3,(H,21,25)/t18-,20+/m0/s1. The second-order valence-corrected chi connectivity index (χ2v) is 7.48. The molecule has 2 aliphatic heterocycles. The number of hydrogen-bond donors (Lipinski definition) is 3. The maximum absolute atomic E-state index is 12.5. The zero-order valence-corrected chi connectivity index (χ0v) is 15.5. The summed E-state index contributed by atoms with van der Waals surface area (Å²) in [5.74, 6) is 0.718. The summed E-state index contributed by atoms with van der Waals surface area (Å²) in [6.07, 6.45) is 2.61. The fourth-order valence-electron chi connectivity index (χ4n) is 4.13. The predicted octanol–water partition coefficient (Wildman–Crippen LogP) is 1.43. The molecule has 6 heteroatoms. The van der Waals surface area contributed by atoms with Crippen LogP contribution < -0.4 is 10.1 Å². The lowest BCUT2D eigenvalue weighted by Crippen LogP contribution is -2.61. The molecule has 0 unspecified atom stereocenters. The highest BCUT2D eigenvalue weighted by Gasteiger charge is 2.49. The number of amides is 1. The summed E-state index contributed by atoms with van der Waals surface area (Å²) in [5.41, 5.74) is 1.19. The Morgan fingerprint density at radius 2 is 2.27 bits per heavy atom. The van der Waals surface area contributed by atoms with E-state index in [0.29, 0.717) is 32.7 Å².